The summed E-state index contributed by atoms with van der Waals surface area (Å²) in [4.78, 5) is 34.8. The summed E-state index contributed by atoms with van der Waals surface area (Å²) in [5.41, 5.74) is 0.350. The first kappa shape index (κ1) is 18.0. The molecular formula is C18H23NO5. The van der Waals surface area contributed by atoms with Crippen LogP contribution in [0.25, 0.3) is 0 Å². The molecule has 1 heterocycles. The second-order valence-electron chi connectivity index (χ2n) is 6.63. The molecule has 0 fully saturated rings. The Morgan fingerprint density at radius 1 is 1.25 bits per heavy atom. The molecule has 2 rings (SSSR count). The first-order chi connectivity index (χ1) is 11.3. The van der Waals surface area contributed by atoms with Crippen molar-refractivity contribution in [2.75, 3.05) is 6.54 Å². The Balaban J connectivity index is 1.89. The Hall–Kier alpha value is -2.37. The Bertz CT molecular complexity index is 651. The number of carboxylic acid groups (broad SMARTS) is 1. The number of ketones is 1. The number of hydrogen-bond donors (Lipinski definition) is 2. The number of amides is 1. The van der Waals surface area contributed by atoms with Gasteiger partial charge >= 0.3 is 5.97 Å². The molecule has 0 unspecified atom stereocenters. The molecule has 6 nitrogen and oxygen atoms in total. The summed E-state index contributed by atoms with van der Waals surface area (Å²) in [6, 6.07) is 4.88. The lowest BCUT2D eigenvalue weighted by Gasteiger charge is -2.31. The molecule has 130 valence electrons. The lowest BCUT2D eigenvalue weighted by Crippen LogP contribution is -2.36. The van der Waals surface area contributed by atoms with Gasteiger partial charge in [-0.3, -0.25) is 14.4 Å². The van der Waals surface area contributed by atoms with Crippen molar-refractivity contribution in [2.45, 2.75) is 51.6 Å². The van der Waals surface area contributed by atoms with E-state index in [4.69, 9.17) is 9.84 Å². The van der Waals surface area contributed by atoms with Crippen LogP contribution in [0.3, 0.4) is 0 Å². The predicted octanol–water partition coefficient (Wildman–Crippen LogP) is 2.81. The van der Waals surface area contributed by atoms with Crippen molar-refractivity contribution in [1.29, 1.82) is 0 Å². The predicted molar refractivity (Wildman–Crippen MR) is 88.5 cm³/mol. The van der Waals surface area contributed by atoms with E-state index in [2.05, 4.69) is 5.32 Å². The van der Waals surface area contributed by atoms with Crippen LogP contribution < -0.4 is 10.1 Å². The molecule has 1 aliphatic rings. The van der Waals surface area contributed by atoms with Crippen LogP contribution in [-0.2, 0) is 4.79 Å². The number of ether oxygens (including phenoxy) is 1. The van der Waals surface area contributed by atoms with Crippen molar-refractivity contribution in [3.63, 3.8) is 0 Å². The maximum absolute atomic E-state index is 12.2. The molecule has 0 saturated carbocycles. The van der Waals surface area contributed by atoms with Gasteiger partial charge in [-0.2, -0.15) is 0 Å². The van der Waals surface area contributed by atoms with Gasteiger partial charge in [-0.05, 0) is 44.9 Å². The normalized spacial score (nSPS) is 15.3. The molecule has 0 saturated heterocycles. The van der Waals surface area contributed by atoms with E-state index in [1.807, 2.05) is 13.8 Å². The summed E-state index contributed by atoms with van der Waals surface area (Å²) in [6.07, 6.45) is 2.51. The van der Waals surface area contributed by atoms with Crippen molar-refractivity contribution in [2.24, 2.45) is 0 Å². The number of Topliss-reactive ketones (excluding diaryl/α,β-unsaturated/α-hetero) is 1. The maximum Gasteiger partial charge on any atom is 0.303 e. The van der Waals surface area contributed by atoms with Crippen molar-refractivity contribution >= 4 is 17.7 Å². The fourth-order valence-electron chi connectivity index (χ4n) is 2.68. The molecule has 6 heteroatoms. The average molecular weight is 333 g/mol. The van der Waals surface area contributed by atoms with E-state index >= 15 is 0 Å². The highest BCUT2D eigenvalue weighted by Crippen LogP contribution is 2.33. The van der Waals surface area contributed by atoms with Gasteiger partial charge in [0.15, 0.2) is 5.78 Å². The third kappa shape index (κ3) is 4.81. The van der Waals surface area contributed by atoms with Crippen LogP contribution in [0.15, 0.2) is 18.2 Å². The van der Waals surface area contributed by atoms with E-state index in [1.165, 1.54) is 0 Å². The van der Waals surface area contributed by atoms with Gasteiger partial charge in [0.25, 0.3) is 5.91 Å². The Morgan fingerprint density at radius 2 is 2.00 bits per heavy atom. The van der Waals surface area contributed by atoms with Gasteiger partial charge in [-0.1, -0.05) is 6.42 Å². The number of unbranched alkanes of at least 4 members (excludes halogenated alkanes) is 2. The summed E-state index contributed by atoms with van der Waals surface area (Å²) >= 11 is 0. The second kappa shape index (κ2) is 7.47. The highest BCUT2D eigenvalue weighted by molar-refractivity contribution is 6.03. The number of aliphatic carboxylic acids is 1. The van der Waals surface area contributed by atoms with Crippen molar-refractivity contribution in [1.82, 2.24) is 5.32 Å². The molecule has 0 radical (unpaired) electrons. The van der Waals surface area contributed by atoms with Crippen LogP contribution in [0, 0.1) is 0 Å². The van der Waals surface area contributed by atoms with Crippen LogP contribution in [0.2, 0.25) is 0 Å². The minimum atomic E-state index is -0.803. The van der Waals surface area contributed by atoms with Gasteiger partial charge in [0.05, 0.1) is 12.0 Å². The standard InChI is InChI=1S/C18H23NO5/c1-18(2)11-14(20)13-10-12(7-8-15(13)24-18)17(23)19-9-5-3-4-6-16(21)22/h7-8,10H,3-6,9,11H2,1-2H3,(H,19,23)(H,21,22). The van der Waals surface area contributed by atoms with E-state index in [9.17, 15) is 14.4 Å². The average Bonchev–Trinajstić information content (AvgIpc) is 2.48. The van der Waals surface area contributed by atoms with Crippen molar-refractivity contribution in [3.8, 4) is 5.75 Å². The molecule has 0 aliphatic carbocycles. The van der Waals surface area contributed by atoms with Gasteiger partial charge in [0, 0.05) is 18.5 Å². The van der Waals surface area contributed by atoms with Gasteiger partial charge < -0.3 is 15.2 Å². The zero-order valence-electron chi connectivity index (χ0n) is 14.1. The number of carbonyl (C=O) groups excluding carboxylic acids is 2. The third-order valence-corrected chi connectivity index (χ3v) is 3.87. The largest absolute Gasteiger partial charge is 0.487 e. The summed E-state index contributed by atoms with van der Waals surface area (Å²) in [6.45, 7) is 4.20. The third-order valence-electron chi connectivity index (χ3n) is 3.87. The number of carbonyl (C=O) groups is 3. The lowest BCUT2D eigenvalue weighted by atomic mass is 9.92. The highest BCUT2D eigenvalue weighted by Gasteiger charge is 2.32. The SMILES string of the molecule is CC1(C)CC(=O)c2cc(C(=O)NCCCCCC(=O)O)ccc2O1. The van der Waals surface area contributed by atoms with Crippen LogP contribution in [-0.4, -0.2) is 34.9 Å². The fourth-order valence-corrected chi connectivity index (χ4v) is 2.68. The van der Waals surface area contributed by atoms with E-state index in [1.54, 1.807) is 18.2 Å². The Morgan fingerprint density at radius 3 is 2.71 bits per heavy atom. The smallest absolute Gasteiger partial charge is 0.303 e. The maximum atomic E-state index is 12.2. The number of nitrogens with one attached hydrogen (secondary N) is 1. The van der Waals surface area contributed by atoms with Gasteiger partial charge in [0.2, 0.25) is 0 Å². The van der Waals surface area contributed by atoms with E-state index in [0.717, 1.165) is 12.8 Å². The Labute approximate surface area is 141 Å². The number of rotatable bonds is 7. The van der Waals surface area contributed by atoms with Gasteiger partial charge in [0.1, 0.15) is 11.4 Å². The fraction of sp³-hybridized carbons (Fsp3) is 0.500. The number of hydrogen-bond acceptors (Lipinski definition) is 4. The first-order valence-electron chi connectivity index (χ1n) is 8.15. The molecule has 0 atom stereocenters. The Kier molecular flexibility index (Phi) is 5.59. The minimum Gasteiger partial charge on any atom is -0.487 e. The molecule has 1 aromatic carbocycles. The second-order valence-corrected chi connectivity index (χ2v) is 6.63. The molecular weight excluding hydrogens is 310 g/mol. The first-order valence-corrected chi connectivity index (χ1v) is 8.15. The van der Waals surface area contributed by atoms with Crippen LogP contribution in [0.1, 0.15) is 66.7 Å². The minimum absolute atomic E-state index is 0.0235. The summed E-state index contributed by atoms with van der Waals surface area (Å²) < 4.78 is 5.77. The summed E-state index contributed by atoms with van der Waals surface area (Å²) in [5, 5.41) is 11.3. The summed E-state index contributed by atoms with van der Waals surface area (Å²) in [5.74, 6) is -0.553. The van der Waals surface area contributed by atoms with Crippen LogP contribution >= 0.6 is 0 Å². The van der Waals surface area contributed by atoms with Crippen molar-refractivity contribution < 1.29 is 24.2 Å². The van der Waals surface area contributed by atoms with Gasteiger partial charge in [-0.25, -0.2) is 0 Å². The van der Waals surface area contributed by atoms with E-state index < -0.39 is 11.6 Å². The van der Waals surface area contributed by atoms with Crippen LogP contribution in [0.4, 0.5) is 0 Å². The molecule has 2 N–H and O–H groups in total. The molecule has 1 aliphatic heterocycles. The molecule has 1 aromatic rings. The quantitative estimate of drug-likeness (QED) is 0.749. The monoisotopic (exact) mass is 333 g/mol. The highest BCUT2D eigenvalue weighted by atomic mass is 16.5. The van der Waals surface area contributed by atoms with E-state index in [0.29, 0.717) is 29.8 Å². The molecule has 1 amide bonds. The van der Waals surface area contributed by atoms with E-state index in [-0.39, 0.29) is 24.5 Å². The molecule has 0 aromatic heterocycles. The van der Waals surface area contributed by atoms with Crippen molar-refractivity contribution in [3.05, 3.63) is 29.3 Å². The molecule has 0 spiro atoms. The molecule has 24 heavy (non-hydrogen) atoms. The zero-order chi connectivity index (χ0) is 17.7. The zero-order valence-corrected chi connectivity index (χ0v) is 14.1. The number of benzene rings is 1. The van der Waals surface area contributed by atoms with Gasteiger partial charge in [-0.15, -0.1) is 0 Å². The molecule has 0 bridgehead atoms. The summed E-state index contributed by atoms with van der Waals surface area (Å²) in [7, 11) is 0. The lowest BCUT2D eigenvalue weighted by molar-refractivity contribution is -0.137. The number of fused-ring (bicyclic) bond motifs is 1. The topological polar surface area (TPSA) is 92.7 Å². The number of carboxylic acids is 1. The van der Waals surface area contributed by atoms with Crippen LogP contribution in [0.5, 0.6) is 5.75 Å².